The van der Waals surface area contributed by atoms with Crippen LogP contribution < -0.4 is 5.32 Å². The molecule has 0 aliphatic carbocycles. The van der Waals surface area contributed by atoms with Crippen molar-refractivity contribution in [1.29, 1.82) is 0 Å². The first-order valence-electron chi connectivity index (χ1n) is 5.88. The summed E-state index contributed by atoms with van der Waals surface area (Å²) < 4.78 is 1.75. The lowest BCUT2D eigenvalue weighted by molar-refractivity contribution is -0.137. The Morgan fingerprint density at radius 1 is 1.56 bits per heavy atom. The maximum absolute atomic E-state index is 10.3. The van der Waals surface area contributed by atoms with Crippen molar-refractivity contribution in [2.24, 2.45) is 0 Å². The predicted molar refractivity (Wildman–Crippen MR) is 66.3 cm³/mol. The van der Waals surface area contributed by atoms with Crippen molar-refractivity contribution in [3.63, 3.8) is 0 Å². The lowest BCUT2D eigenvalue weighted by Crippen LogP contribution is -2.16. The van der Waals surface area contributed by atoms with Gasteiger partial charge in [-0.05, 0) is 19.9 Å². The van der Waals surface area contributed by atoms with E-state index in [1.807, 2.05) is 19.2 Å². The van der Waals surface area contributed by atoms with Crippen LogP contribution in [-0.2, 0) is 11.3 Å². The van der Waals surface area contributed by atoms with E-state index in [9.17, 15) is 4.79 Å². The molecule has 0 fully saturated rings. The number of aromatic nitrogens is 3. The standard InChI is InChI=1S/C12H16N4O2/c1-9-5-11-14-7-10(8-16(11)15-9)6-13-4-2-3-12(17)18/h5,7-8,13H,2-4,6H2,1H3,(H,17,18). The van der Waals surface area contributed by atoms with E-state index in [0.29, 0.717) is 19.5 Å². The molecule has 0 atom stereocenters. The van der Waals surface area contributed by atoms with Crippen molar-refractivity contribution in [3.05, 3.63) is 29.7 Å². The van der Waals surface area contributed by atoms with Crippen LogP contribution in [0.5, 0.6) is 0 Å². The molecule has 0 saturated carbocycles. The number of fused-ring (bicyclic) bond motifs is 1. The zero-order chi connectivity index (χ0) is 13.0. The van der Waals surface area contributed by atoms with Gasteiger partial charge in [-0.3, -0.25) is 4.79 Å². The van der Waals surface area contributed by atoms with E-state index in [1.54, 1.807) is 10.7 Å². The summed E-state index contributed by atoms with van der Waals surface area (Å²) in [5.74, 6) is -0.757. The Balaban J connectivity index is 1.86. The number of nitrogens with zero attached hydrogens (tertiary/aromatic N) is 3. The molecule has 0 bridgehead atoms. The maximum Gasteiger partial charge on any atom is 0.303 e. The summed E-state index contributed by atoms with van der Waals surface area (Å²) in [7, 11) is 0. The van der Waals surface area contributed by atoms with E-state index in [4.69, 9.17) is 5.11 Å². The Bertz CT molecular complexity index is 550. The minimum Gasteiger partial charge on any atom is -0.481 e. The summed E-state index contributed by atoms with van der Waals surface area (Å²) in [5, 5.41) is 16.0. The second kappa shape index (κ2) is 5.59. The number of nitrogens with one attached hydrogen (secondary N) is 1. The van der Waals surface area contributed by atoms with E-state index in [0.717, 1.165) is 16.9 Å². The molecule has 0 aliphatic heterocycles. The molecule has 0 unspecified atom stereocenters. The number of hydrogen-bond donors (Lipinski definition) is 2. The van der Waals surface area contributed by atoms with Crippen molar-refractivity contribution < 1.29 is 9.90 Å². The molecule has 6 nitrogen and oxygen atoms in total. The fraction of sp³-hybridized carbons (Fsp3) is 0.417. The minimum absolute atomic E-state index is 0.197. The van der Waals surface area contributed by atoms with E-state index < -0.39 is 5.97 Å². The van der Waals surface area contributed by atoms with Gasteiger partial charge >= 0.3 is 5.97 Å². The Morgan fingerprint density at radius 3 is 3.17 bits per heavy atom. The van der Waals surface area contributed by atoms with Gasteiger partial charge in [0.2, 0.25) is 0 Å². The third-order valence-corrected chi connectivity index (χ3v) is 2.56. The number of hydrogen-bond acceptors (Lipinski definition) is 4. The van der Waals surface area contributed by atoms with Crippen molar-refractivity contribution in [2.45, 2.75) is 26.3 Å². The molecule has 2 aromatic rings. The van der Waals surface area contributed by atoms with Gasteiger partial charge in [-0.2, -0.15) is 5.10 Å². The molecule has 2 N–H and O–H groups in total. The van der Waals surface area contributed by atoms with Crippen LogP contribution in [0.2, 0.25) is 0 Å². The van der Waals surface area contributed by atoms with Gasteiger partial charge in [-0.1, -0.05) is 0 Å². The molecule has 2 heterocycles. The van der Waals surface area contributed by atoms with E-state index >= 15 is 0 Å². The number of carboxylic acid groups (broad SMARTS) is 1. The van der Waals surface area contributed by atoms with Gasteiger partial charge in [0.1, 0.15) is 0 Å². The Morgan fingerprint density at radius 2 is 2.39 bits per heavy atom. The molecule has 2 aromatic heterocycles. The molecule has 0 amide bonds. The summed E-state index contributed by atoms with van der Waals surface area (Å²) in [5.41, 5.74) is 2.80. The Kier molecular flexibility index (Phi) is 3.88. The number of carboxylic acids is 1. The maximum atomic E-state index is 10.3. The first-order chi connectivity index (χ1) is 8.65. The molecule has 18 heavy (non-hydrogen) atoms. The zero-order valence-corrected chi connectivity index (χ0v) is 10.3. The zero-order valence-electron chi connectivity index (χ0n) is 10.3. The first-order valence-corrected chi connectivity index (χ1v) is 5.88. The van der Waals surface area contributed by atoms with Gasteiger partial charge in [0.05, 0.1) is 5.69 Å². The summed E-state index contributed by atoms with van der Waals surface area (Å²) in [6.45, 7) is 3.28. The summed E-state index contributed by atoms with van der Waals surface area (Å²) in [6, 6.07) is 1.92. The second-order valence-corrected chi connectivity index (χ2v) is 4.22. The molecule has 96 valence electrons. The van der Waals surface area contributed by atoms with Crippen LogP contribution in [0.1, 0.15) is 24.1 Å². The third kappa shape index (κ3) is 3.27. The highest BCUT2D eigenvalue weighted by Gasteiger charge is 2.01. The van der Waals surface area contributed by atoms with Crippen LogP contribution in [0.3, 0.4) is 0 Å². The first kappa shape index (κ1) is 12.5. The van der Waals surface area contributed by atoms with Gasteiger partial charge in [0, 0.05) is 37.0 Å². The molecule has 0 saturated heterocycles. The summed E-state index contributed by atoms with van der Waals surface area (Å²) in [6.07, 6.45) is 4.56. The van der Waals surface area contributed by atoms with Crippen LogP contribution >= 0.6 is 0 Å². The summed E-state index contributed by atoms with van der Waals surface area (Å²) in [4.78, 5) is 14.6. The smallest absolute Gasteiger partial charge is 0.303 e. The number of rotatable bonds is 6. The number of aliphatic carboxylic acids is 1. The quantitative estimate of drug-likeness (QED) is 0.745. The predicted octanol–water partition coefficient (Wildman–Crippen LogP) is 0.992. The monoisotopic (exact) mass is 248 g/mol. The van der Waals surface area contributed by atoms with Crippen LogP contribution in [0.25, 0.3) is 5.65 Å². The molecule has 2 rings (SSSR count). The SMILES string of the molecule is Cc1cc2ncc(CNCCCC(=O)O)cn2n1. The molecular formula is C12H16N4O2. The van der Waals surface area contributed by atoms with E-state index in [-0.39, 0.29) is 6.42 Å². The van der Waals surface area contributed by atoms with Gasteiger partial charge in [-0.25, -0.2) is 9.50 Å². The van der Waals surface area contributed by atoms with Gasteiger partial charge < -0.3 is 10.4 Å². The van der Waals surface area contributed by atoms with Crippen LogP contribution in [0.15, 0.2) is 18.5 Å². The van der Waals surface area contributed by atoms with Crippen LogP contribution in [0, 0.1) is 6.92 Å². The molecule has 0 aliphatic rings. The van der Waals surface area contributed by atoms with Crippen molar-refractivity contribution in [2.75, 3.05) is 6.54 Å². The largest absolute Gasteiger partial charge is 0.481 e. The molecular weight excluding hydrogens is 232 g/mol. The van der Waals surface area contributed by atoms with E-state index in [2.05, 4.69) is 15.4 Å². The lowest BCUT2D eigenvalue weighted by atomic mass is 10.3. The number of aryl methyl sites for hydroxylation is 1. The summed E-state index contributed by atoms with van der Waals surface area (Å²) >= 11 is 0. The van der Waals surface area contributed by atoms with Crippen LogP contribution in [-0.4, -0.2) is 32.2 Å². The van der Waals surface area contributed by atoms with Gasteiger partial charge in [0.15, 0.2) is 5.65 Å². The fourth-order valence-corrected chi connectivity index (χ4v) is 1.72. The topological polar surface area (TPSA) is 79.5 Å². The fourth-order valence-electron chi connectivity index (χ4n) is 1.72. The highest BCUT2D eigenvalue weighted by Crippen LogP contribution is 2.04. The molecule has 6 heteroatoms. The highest BCUT2D eigenvalue weighted by atomic mass is 16.4. The minimum atomic E-state index is -0.757. The Labute approximate surface area is 105 Å². The third-order valence-electron chi connectivity index (χ3n) is 2.56. The van der Waals surface area contributed by atoms with Crippen molar-refractivity contribution in [3.8, 4) is 0 Å². The average Bonchev–Trinajstić information content (AvgIpc) is 2.67. The Hall–Kier alpha value is -1.95. The van der Waals surface area contributed by atoms with Gasteiger partial charge in [0.25, 0.3) is 0 Å². The average molecular weight is 248 g/mol. The molecule has 0 spiro atoms. The van der Waals surface area contributed by atoms with Gasteiger partial charge in [-0.15, -0.1) is 0 Å². The van der Waals surface area contributed by atoms with Crippen molar-refractivity contribution >= 4 is 11.6 Å². The number of carbonyl (C=O) groups is 1. The molecule has 0 aromatic carbocycles. The lowest BCUT2D eigenvalue weighted by Gasteiger charge is -2.03. The van der Waals surface area contributed by atoms with E-state index in [1.165, 1.54) is 0 Å². The normalized spacial score (nSPS) is 10.9. The second-order valence-electron chi connectivity index (χ2n) is 4.22. The van der Waals surface area contributed by atoms with Crippen molar-refractivity contribution in [1.82, 2.24) is 19.9 Å². The highest BCUT2D eigenvalue weighted by molar-refractivity contribution is 5.66. The molecule has 0 radical (unpaired) electrons. The van der Waals surface area contributed by atoms with Crippen LogP contribution in [0.4, 0.5) is 0 Å².